The predicted molar refractivity (Wildman–Crippen MR) is 112 cm³/mol. The summed E-state index contributed by atoms with van der Waals surface area (Å²) in [6, 6.07) is 8.56. The summed E-state index contributed by atoms with van der Waals surface area (Å²) in [6.07, 6.45) is 0. The smallest absolute Gasteiger partial charge is 0.301 e. The van der Waals surface area contributed by atoms with Crippen LogP contribution in [0.2, 0.25) is 10.0 Å². The van der Waals surface area contributed by atoms with Crippen LogP contribution in [0.25, 0.3) is 5.76 Å². The Morgan fingerprint density at radius 3 is 2.40 bits per heavy atom. The minimum absolute atomic E-state index is 0.169. The van der Waals surface area contributed by atoms with E-state index in [4.69, 9.17) is 23.2 Å². The number of carbonyl (C=O) groups excluding carboxylic acids is 2. The molecule has 1 amide bonds. The zero-order valence-electron chi connectivity index (χ0n) is 15.3. The van der Waals surface area contributed by atoms with Gasteiger partial charge in [-0.25, -0.2) is 4.39 Å². The van der Waals surface area contributed by atoms with Crippen LogP contribution in [-0.4, -0.2) is 27.0 Å². The quantitative estimate of drug-likeness (QED) is 0.338. The Labute approximate surface area is 184 Å². The summed E-state index contributed by atoms with van der Waals surface area (Å²) in [5, 5.41) is 20.1. The molecule has 0 saturated carbocycles. The highest BCUT2D eigenvalue weighted by Crippen LogP contribution is 2.43. The van der Waals surface area contributed by atoms with Crippen molar-refractivity contribution < 1.29 is 19.1 Å². The Morgan fingerprint density at radius 2 is 1.80 bits per heavy atom. The van der Waals surface area contributed by atoms with E-state index in [0.29, 0.717) is 15.6 Å². The molecule has 1 N–H and O–H groups in total. The maximum absolute atomic E-state index is 13.3. The molecule has 2 heterocycles. The summed E-state index contributed by atoms with van der Waals surface area (Å²) in [6.45, 7) is 1.71. The fourth-order valence-corrected chi connectivity index (χ4v) is 4.20. The lowest BCUT2D eigenvalue weighted by atomic mass is 9.95. The maximum Gasteiger partial charge on any atom is 0.301 e. The summed E-state index contributed by atoms with van der Waals surface area (Å²) < 4.78 is 13.3. The maximum atomic E-state index is 13.3. The van der Waals surface area contributed by atoms with Gasteiger partial charge in [0.15, 0.2) is 0 Å². The third-order valence-electron chi connectivity index (χ3n) is 4.54. The van der Waals surface area contributed by atoms with E-state index in [2.05, 4.69) is 10.2 Å². The number of ketones is 1. The molecule has 3 aromatic rings. The van der Waals surface area contributed by atoms with Crippen LogP contribution >= 0.6 is 34.5 Å². The molecule has 1 fully saturated rings. The number of hydrogen-bond donors (Lipinski definition) is 1. The van der Waals surface area contributed by atoms with Crippen LogP contribution in [0.4, 0.5) is 9.52 Å². The monoisotopic (exact) mass is 463 g/mol. The number of hydrogen-bond acceptors (Lipinski definition) is 6. The Hall–Kier alpha value is -2.81. The molecule has 0 aliphatic carbocycles. The zero-order chi connectivity index (χ0) is 21.6. The van der Waals surface area contributed by atoms with Crippen molar-refractivity contribution in [3.05, 3.63) is 80.0 Å². The van der Waals surface area contributed by atoms with Gasteiger partial charge in [-0.1, -0.05) is 40.6 Å². The number of nitrogens with zero attached hydrogens (tertiary/aromatic N) is 3. The van der Waals surface area contributed by atoms with Gasteiger partial charge in [0, 0.05) is 5.56 Å². The van der Waals surface area contributed by atoms with Gasteiger partial charge in [0.2, 0.25) is 5.13 Å². The van der Waals surface area contributed by atoms with Gasteiger partial charge in [-0.05, 0) is 48.9 Å². The van der Waals surface area contributed by atoms with E-state index in [-0.39, 0.29) is 21.3 Å². The Bertz CT molecular complexity index is 1210. The lowest BCUT2D eigenvalue weighted by Gasteiger charge is -2.22. The lowest BCUT2D eigenvalue weighted by molar-refractivity contribution is -0.132. The largest absolute Gasteiger partial charge is 0.507 e. The molecule has 152 valence electrons. The Kier molecular flexibility index (Phi) is 5.31. The van der Waals surface area contributed by atoms with E-state index >= 15 is 0 Å². The molecule has 1 aliphatic heterocycles. The van der Waals surface area contributed by atoms with Gasteiger partial charge in [-0.2, -0.15) is 0 Å². The Morgan fingerprint density at radius 1 is 1.10 bits per heavy atom. The number of halogens is 3. The third-order valence-corrected chi connectivity index (χ3v) is 6.12. The SMILES string of the molecule is Cc1nnc(N2C(=O)C(=O)C(=C(O)c3ccc(F)cc3)C2c2ccc(Cl)c(Cl)c2)s1. The first-order valence-electron chi connectivity index (χ1n) is 8.60. The van der Waals surface area contributed by atoms with Crippen LogP contribution in [0.15, 0.2) is 48.0 Å². The number of benzene rings is 2. The molecule has 0 bridgehead atoms. The van der Waals surface area contributed by atoms with E-state index in [9.17, 15) is 19.1 Å². The number of aliphatic hydroxyl groups excluding tert-OH is 1. The standard InChI is InChI=1S/C20H12Cl2FN3O3S/c1-9-24-25-20(30-9)26-16(11-4-7-13(21)14(22)8-11)15(18(28)19(26)29)17(27)10-2-5-12(23)6-3-10/h2-8,16,27H,1H3. The van der Waals surface area contributed by atoms with Crippen LogP contribution in [0.5, 0.6) is 0 Å². The van der Waals surface area contributed by atoms with Crippen LogP contribution in [0, 0.1) is 12.7 Å². The molecule has 1 unspecified atom stereocenters. The van der Waals surface area contributed by atoms with Gasteiger partial charge in [-0.15, -0.1) is 10.2 Å². The van der Waals surface area contributed by atoms with E-state index in [1.807, 2.05) is 0 Å². The highest BCUT2D eigenvalue weighted by Gasteiger charge is 2.48. The molecule has 0 spiro atoms. The normalized spacial score (nSPS) is 18.3. The average molecular weight is 464 g/mol. The first-order chi connectivity index (χ1) is 14.3. The van der Waals surface area contributed by atoms with Crippen molar-refractivity contribution in [3.63, 3.8) is 0 Å². The molecule has 1 atom stereocenters. The summed E-state index contributed by atoms with van der Waals surface area (Å²) in [4.78, 5) is 27.0. The molecule has 6 nitrogen and oxygen atoms in total. The molecular weight excluding hydrogens is 452 g/mol. The number of amides is 1. The fraction of sp³-hybridized carbons (Fsp3) is 0.100. The third kappa shape index (κ3) is 3.47. The summed E-state index contributed by atoms with van der Waals surface area (Å²) in [5.41, 5.74) is 0.464. The Balaban J connectivity index is 1.96. The molecule has 0 radical (unpaired) electrons. The second-order valence-electron chi connectivity index (χ2n) is 6.45. The minimum Gasteiger partial charge on any atom is -0.507 e. The first-order valence-corrected chi connectivity index (χ1v) is 10.2. The van der Waals surface area contributed by atoms with Gasteiger partial charge in [0.25, 0.3) is 5.78 Å². The highest BCUT2D eigenvalue weighted by molar-refractivity contribution is 7.15. The average Bonchev–Trinajstić information content (AvgIpc) is 3.25. The summed E-state index contributed by atoms with van der Waals surface area (Å²) in [5.74, 6) is -2.71. The van der Waals surface area contributed by atoms with E-state index < -0.39 is 29.3 Å². The van der Waals surface area contributed by atoms with Gasteiger partial charge >= 0.3 is 5.91 Å². The van der Waals surface area contributed by atoms with Crippen LogP contribution in [0.3, 0.4) is 0 Å². The van der Waals surface area contributed by atoms with E-state index in [1.54, 1.807) is 13.0 Å². The highest BCUT2D eigenvalue weighted by atomic mass is 35.5. The number of carbonyl (C=O) groups is 2. The molecule has 1 saturated heterocycles. The van der Waals surface area contributed by atoms with Crippen molar-refractivity contribution >= 4 is 57.1 Å². The van der Waals surface area contributed by atoms with E-state index in [1.165, 1.54) is 29.2 Å². The fourth-order valence-electron chi connectivity index (χ4n) is 3.17. The van der Waals surface area contributed by atoms with E-state index in [0.717, 1.165) is 23.5 Å². The molecule has 2 aromatic carbocycles. The molecular formula is C20H12Cl2FN3O3S. The second kappa shape index (κ2) is 7.79. The number of rotatable bonds is 3. The number of aryl methyl sites for hydroxylation is 1. The van der Waals surface area contributed by atoms with Crippen molar-refractivity contribution in [2.24, 2.45) is 0 Å². The van der Waals surface area contributed by atoms with Crippen molar-refractivity contribution in [1.29, 1.82) is 0 Å². The van der Waals surface area contributed by atoms with Crippen molar-refractivity contribution in [2.45, 2.75) is 13.0 Å². The molecule has 30 heavy (non-hydrogen) atoms. The van der Waals surface area contributed by atoms with Crippen LogP contribution < -0.4 is 4.90 Å². The van der Waals surface area contributed by atoms with Crippen molar-refractivity contribution in [1.82, 2.24) is 10.2 Å². The first kappa shape index (κ1) is 20.5. The molecule has 4 rings (SSSR count). The topological polar surface area (TPSA) is 83.4 Å². The molecule has 1 aliphatic rings. The van der Waals surface area contributed by atoms with Gasteiger partial charge < -0.3 is 5.11 Å². The van der Waals surface area contributed by atoms with Crippen LogP contribution in [0.1, 0.15) is 22.2 Å². The lowest BCUT2D eigenvalue weighted by Crippen LogP contribution is -2.29. The van der Waals surface area contributed by atoms with Gasteiger partial charge in [0.05, 0.1) is 21.7 Å². The second-order valence-corrected chi connectivity index (χ2v) is 8.43. The van der Waals surface area contributed by atoms with Gasteiger partial charge in [-0.3, -0.25) is 14.5 Å². The number of aliphatic hydroxyl groups is 1. The number of Topliss-reactive ketones (excluding diaryl/α,β-unsaturated/α-hetero) is 1. The summed E-state index contributed by atoms with van der Waals surface area (Å²) >= 11 is 13.3. The van der Waals surface area contributed by atoms with Crippen molar-refractivity contribution in [3.8, 4) is 0 Å². The zero-order valence-corrected chi connectivity index (χ0v) is 17.6. The van der Waals surface area contributed by atoms with Crippen molar-refractivity contribution in [2.75, 3.05) is 4.90 Å². The summed E-state index contributed by atoms with van der Waals surface area (Å²) in [7, 11) is 0. The predicted octanol–water partition coefficient (Wildman–Crippen LogP) is 4.92. The molecule has 10 heteroatoms. The van der Waals surface area contributed by atoms with Crippen LogP contribution in [-0.2, 0) is 9.59 Å². The number of anilines is 1. The minimum atomic E-state index is -1.02. The number of aromatic nitrogens is 2. The molecule has 1 aromatic heterocycles. The van der Waals surface area contributed by atoms with Gasteiger partial charge in [0.1, 0.15) is 16.6 Å².